The van der Waals surface area contributed by atoms with Crippen molar-refractivity contribution in [1.29, 1.82) is 0 Å². The highest BCUT2D eigenvalue weighted by Gasteiger charge is 2.44. The van der Waals surface area contributed by atoms with E-state index in [1.165, 1.54) is 18.4 Å². The van der Waals surface area contributed by atoms with Crippen LogP contribution in [0.5, 0.6) is 0 Å². The van der Waals surface area contributed by atoms with Crippen molar-refractivity contribution in [2.24, 2.45) is 18.9 Å². The number of hydrogen-bond acceptors (Lipinski definition) is 4. The number of hydrogen-bond donors (Lipinski definition) is 1. The normalized spacial score (nSPS) is 31.4. The van der Waals surface area contributed by atoms with E-state index in [1.807, 2.05) is 17.9 Å². The summed E-state index contributed by atoms with van der Waals surface area (Å²) in [6.07, 6.45) is 7.62. The van der Waals surface area contributed by atoms with Crippen LogP contribution in [0.3, 0.4) is 0 Å². The van der Waals surface area contributed by atoms with E-state index in [0.717, 1.165) is 38.5 Å². The molecular formula is C16H24N4O2. The predicted molar refractivity (Wildman–Crippen MR) is 81.0 cm³/mol. The maximum atomic E-state index is 12.4. The molecule has 1 aliphatic carbocycles. The highest BCUT2D eigenvalue weighted by Crippen LogP contribution is 2.33. The Morgan fingerprint density at radius 1 is 1.45 bits per heavy atom. The van der Waals surface area contributed by atoms with Crippen LogP contribution >= 0.6 is 0 Å². The van der Waals surface area contributed by atoms with Gasteiger partial charge in [0.1, 0.15) is 0 Å². The van der Waals surface area contributed by atoms with Gasteiger partial charge in [-0.25, -0.2) is 0 Å². The van der Waals surface area contributed by atoms with Gasteiger partial charge in [-0.1, -0.05) is 0 Å². The number of carbonyl (C=O) groups excluding carboxylic acids is 1. The average Bonchev–Trinajstić information content (AvgIpc) is 3.16. The van der Waals surface area contributed by atoms with Gasteiger partial charge in [-0.05, 0) is 25.2 Å². The number of fused-ring (bicyclic) bond motifs is 2. The maximum absolute atomic E-state index is 12.4. The lowest BCUT2D eigenvalue weighted by atomic mass is 9.99. The average molecular weight is 304 g/mol. The van der Waals surface area contributed by atoms with E-state index >= 15 is 0 Å². The van der Waals surface area contributed by atoms with Crippen LogP contribution in [0, 0.1) is 11.8 Å². The molecule has 1 amide bonds. The minimum atomic E-state index is 0.0302. The Morgan fingerprint density at radius 3 is 3.05 bits per heavy atom. The quantitative estimate of drug-likeness (QED) is 0.862. The number of likely N-dealkylation sites (tertiary alicyclic amines) is 1. The first-order chi connectivity index (χ1) is 10.7. The van der Waals surface area contributed by atoms with Crippen molar-refractivity contribution in [3.63, 3.8) is 0 Å². The molecule has 1 aromatic heterocycles. The Hall–Kier alpha value is -1.40. The van der Waals surface area contributed by atoms with Crippen LogP contribution in [-0.4, -0.2) is 52.4 Å². The fourth-order valence-electron chi connectivity index (χ4n) is 3.65. The largest absolute Gasteiger partial charge is 0.371 e. The first kappa shape index (κ1) is 14.2. The molecule has 2 aliphatic heterocycles. The summed E-state index contributed by atoms with van der Waals surface area (Å²) in [7, 11) is 1.94. The lowest BCUT2D eigenvalue weighted by Crippen LogP contribution is -2.45. The number of ether oxygens (including phenoxy) is 1. The molecule has 0 aromatic carbocycles. The van der Waals surface area contributed by atoms with Crippen molar-refractivity contribution in [2.45, 2.75) is 38.0 Å². The molecule has 120 valence electrons. The summed E-state index contributed by atoms with van der Waals surface area (Å²) in [5.41, 5.74) is 1.22. The van der Waals surface area contributed by atoms with Crippen molar-refractivity contribution >= 4 is 5.91 Å². The fraction of sp³-hybridized carbons (Fsp3) is 0.750. The van der Waals surface area contributed by atoms with Crippen molar-refractivity contribution in [1.82, 2.24) is 20.0 Å². The fourth-order valence-corrected chi connectivity index (χ4v) is 3.65. The van der Waals surface area contributed by atoms with Crippen LogP contribution in [0.15, 0.2) is 12.4 Å². The van der Waals surface area contributed by atoms with E-state index in [9.17, 15) is 4.79 Å². The molecular weight excluding hydrogens is 280 g/mol. The summed E-state index contributed by atoms with van der Waals surface area (Å²) in [6.45, 7) is 3.50. The third kappa shape index (κ3) is 3.03. The molecule has 2 bridgehead atoms. The number of amides is 1. The number of aryl methyl sites for hydroxylation is 1. The smallest absolute Gasteiger partial charge is 0.225 e. The van der Waals surface area contributed by atoms with Gasteiger partial charge in [-0.2, -0.15) is 5.10 Å². The molecule has 6 heteroatoms. The van der Waals surface area contributed by atoms with Crippen molar-refractivity contribution in [3.8, 4) is 0 Å². The SMILES string of the molecule is Cn1cc(CN2C[C@H]3C[C@H](C(=O)NCC4CC4)[C@@H](C2)O3)cn1. The number of nitrogens with zero attached hydrogens (tertiary/aromatic N) is 3. The summed E-state index contributed by atoms with van der Waals surface area (Å²) in [6, 6.07) is 0. The van der Waals surface area contributed by atoms with Crippen LogP contribution in [-0.2, 0) is 23.1 Å². The molecule has 1 saturated carbocycles. The van der Waals surface area contributed by atoms with Crippen LogP contribution in [0.1, 0.15) is 24.8 Å². The van der Waals surface area contributed by atoms with E-state index in [2.05, 4.69) is 21.5 Å². The third-order valence-electron chi connectivity index (χ3n) is 5.00. The van der Waals surface area contributed by atoms with Crippen molar-refractivity contribution < 1.29 is 9.53 Å². The monoisotopic (exact) mass is 304 g/mol. The van der Waals surface area contributed by atoms with E-state index < -0.39 is 0 Å². The summed E-state index contributed by atoms with van der Waals surface area (Å²) in [5.74, 6) is 0.956. The molecule has 2 saturated heterocycles. The molecule has 3 heterocycles. The van der Waals surface area contributed by atoms with Gasteiger partial charge in [0, 0.05) is 45.0 Å². The Morgan fingerprint density at radius 2 is 2.32 bits per heavy atom. The zero-order chi connectivity index (χ0) is 15.1. The minimum Gasteiger partial charge on any atom is -0.371 e. The molecule has 0 unspecified atom stereocenters. The van der Waals surface area contributed by atoms with Gasteiger partial charge in [0.25, 0.3) is 0 Å². The van der Waals surface area contributed by atoms with E-state index in [-0.39, 0.29) is 24.0 Å². The number of nitrogens with one attached hydrogen (secondary N) is 1. The second-order valence-electron chi connectivity index (χ2n) is 7.04. The van der Waals surface area contributed by atoms with Crippen molar-refractivity contribution in [3.05, 3.63) is 18.0 Å². The molecule has 1 N–H and O–H groups in total. The minimum absolute atomic E-state index is 0.0302. The van der Waals surface area contributed by atoms with Gasteiger partial charge in [-0.3, -0.25) is 14.4 Å². The zero-order valence-corrected chi connectivity index (χ0v) is 13.1. The Balaban J connectivity index is 1.33. The molecule has 0 spiro atoms. The topological polar surface area (TPSA) is 59.4 Å². The molecule has 1 aromatic rings. The second kappa shape index (κ2) is 5.66. The lowest BCUT2D eigenvalue weighted by Gasteiger charge is -2.32. The van der Waals surface area contributed by atoms with Crippen LogP contribution in [0.2, 0.25) is 0 Å². The number of rotatable bonds is 5. The first-order valence-corrected chi connectivity index (χ1v) is 8.30. The third-order valence-corrected chi connectivity index (χ3v) is 5.00. The van der Waals surface area contributed by atoms with Gasteiger partial charge in [0.2, 0.25) is 5.91 Å². The van der Waals surface area contributed by atoms with E-state index in [0.29, 0.717) is 0 Å². The van der Waals surface area contributed by atoms with Crippen LogP contribution in [0.25, 0.3) is 0 Å². The van der Waals surface area contributed by atoms with E-state index in [1.54, 1.807) is 0 Å². The van der Waals surface area contributed by atoms with Gasteiger partial charge in [0.15, 0.2) is 0 Å². The second-order valence-corrected chi connectivity index (χ2v) is 7.04. The van der Waals surface area contributed by atoms with Crippen LogP contribution < -0.4 is 5.32 Å². The van der Waals surface area contributed by atoms with E-state index in [4.69, 9.17) is 4.74 Å². The number of morpholine rings is 1. The lowest BCUT2D eigenvalue weighted by molar-refractivity contribution is -0.128. The van der Waals surface area contributed by atoms with Gasteiger partial charge < -0.3 is 10.1 Å². The summed E-state index contributed by atoms with van der Waals surface area (Å²) in [5, 5.41) is 7.34. The summed E-state index contributed by atoms with van der Waals surface area (Å²) in [4.78, 5) is 14.8. The summed E-state index contributed by atoms with van der Waals surface area (Å²) >= 11 is 0. The number of carbonyl (C=O) groups is 1. The van der Waals surface area contributed by atoms with Crippen molar-refractivity contribution in [2.75, 3.05) is 19.6 Å². The molecule has 4 rings (SSSR count). The Bertz CT molecular complexity index is 554. The summed E-state index contributed by atoms with van der Waals surface area (Å²) < 4.78 is 7.84. The standard InChI is InChI=1S/C16H24N4O2/c1-19-7-12(6-18-19)8-20-9-13-4-14(15(10-20)22-13)16(21)17-5-11-2-3-11/h6-7,11,13-15H,2-5,8-10H2,1H3,(H,17,21)/t13-,14+,15-/m1/s1. The molecule has 0 radical (unpaired) electrons. The highest BCUT2D eigenvalue weighted by molar-refractivity contribution is 5.79. The molecule has 6 nitrogen and oxygen atoms in total. The molecule has 3 aliphatic rings. The molecule has 22 heavy (non-hydrogen) atoms. The van der Waals surface area contributed by atoms with Gasteiger partial charge >= 0.3 is 0 Å². The first-order valence-electron chi connectivity index (χ1n) is 8.30. The zero-order valence-electron chi connectivity index (χ0n) is 13.1. The maximum Gasteiger partial charge on any atom is 0.225 e. The predicted octanol–water partition coefficient (Wildman–Crippen LogP) is 0.536. The highest BCUT2D eigenvalue weighted by atomic mass is 16.5. The Labute approximate surface area is 130 Å². The number of aromatic nitrogens is 2. The Kier molecular flexibility index (Phi) is 3.66. The van der Waals surface area contributed by atoms with Crippen LogP contribution in [0.4, 0.5) is 0 Å². The van der Waals surface area contributed by atoms with Gasteiger partial charge in [0.05, 0.1) is 24.3 Å². The molecule has 3 atom stereocenters. The van der Waals surface area contributed by atoms with Gasteiger partial charge in [-0.15, -0.1) is 0 Å². The molecule has 3 fully saturated rings.